The predicted octanol–water partition coefficient (Wildman–Crippen LogP) is 3.02. The summed E-state index contributed by atoms with van der Waals surface area (Å²) in [5, 5.41) is 13.0. The lowest BCUT2D eigenvalue weighted by atomic mass is 10.1. The lowest BCUT2D eigenvalue weighted by molar-refractivity contribution is 0.137. The van der Waals surface area contributed by atoms with E-state index in [2.05, 4.69) is 21.2 Å². The highest BCUT2D eigenvalue weighted by molar-refractivity contribution is 9.10. The van der Waals surface area contributed by atoms with Crippen molar-refractivity contribution >= 4 is 21.6 Å². The Morgan fingerprint density at radius 2 is 2.12 bits per heavy atom. The van der Waals surface area contributed by atoms with E-state index in [0.29, 0.717) is 13.2 Å². The monoisotopic (exact) mass is 301 g/mol. The number of hydrogen-bond acceptors (Lipinski definition) is 3. The Balaban J connectivity index is 2.73. The number of methoxy groups -OCH3 is 1. The molecule has 0 saturated heterocycles. The fraction of sp³-hybridized carbons (Fsp3) is 0.538. The van der Waals surface area contributed by atoms with Gasteiger partial charge >= 0.3 is 0 Å². The summed E-state index contributed by atoms with van der Waals surface area (Å²) in [6.07, 6.45) is -0.343. The van der Waals surface area contributed by atoms with Crippen molar-refractivity contribution in [2.45, 2.75) is 26.6 Å². The van der Waals surface area contributed by atoms with Crippen molar-refractivity contribution in [3.63, 3.8) is 0 Å². The topological polar surface area (TPSA) is 41.5 Å². The highest BCUT2D eigenvalue weighted by atomic mass is 79.9. The average molecular weight is 302 g/mol. The molecule has 1 aromatic carbocycles. The molecule has 0 aliphatic carbocycles. The number of aliphatic hydroxyl groups is 1. The average Bonchev–Trinajstić information content (AvgIpc) is 2.29. The lowest BCUT2D eigenvalue weighted by Crippen LogP contribution is -2.25. The maximum absolute atomic E-state index is 9.77. The van der Waals surface area contributed by atoms with E-state index in [9.17, 15) is 5.11 Å². The van der Waals surface area contributed by atoms with Crippen LogP contribution in [0.15, 0.2) is 22.7 Å². The number of benzene rings is 1. The van der Waals surface area contributed by atoms with Gasteiger partial charge in [-0.3, -0.25) is 0 Å². The summed E-state index contributed by atoms with van der Waals surface area (Å²) < 4.78 is 6.19. The molecule has 1 unspecified atom stereocenters. The molecule has 0 radical (unpaired) electrons. The van der Waals surface area contributed by atoms with Crippen molar-refractivity contribution in [3.8, 4) is 0 Å². The van der Waals surface area contributed by atoms with E-state index in [4.69, 9.17) is 4.74 Å². The summed E-state index contributed by atoms with van der Waals surface area (Å²) in [7, 11) is 1.67. The fourth-order valence-electron chi connectivity index (χ4n) is 1.47. The van der Waals surface area contributed by atoms with Gasteiger partial charge in [0.15, 0.2) is 0 Å². The van der Waals surface area contributed by atoms with Crippen LogP contribution in [0.25, 0.3) is 0 Å². The molecule has 3 nitrogen and oxygen atoms in total. The minimum Gasteiger partial charge on any atom is -0.391 e. The second kappa shape index (κ2) is 6.99. The molecule has 1 aromatic rings. The van der Waals surface area contributed by atoms with Crippen LogP contribution in [-0.4, -0.2) is 24.9 Å². The number of ether oxygens (including phenoxy) is 1. The maximum atomic E-state index is 9.77. The first-order chi connectivity index (χ1) is 8.06. The van der Waals surface area contributed by atoms with Gasteiger partial charge in [0.05, 0.1) is 12.7 Å². The number of rotatable bonds is 6. The zero-order valence-electron chi connectivity index (χ0n) is 10.5. The third kappa shape index (κ3) is 4.30. The maximum Gasteiger partial charge on any atom is 0.0744 e. The molecule has 0 bridgehead atoms. The Morgan fingerprint density at radius 3 is 2.71 bits per heavy atom. The number of aliphatic hydroxyl groups excluding tert-OH is 1. The van der Waals surface area contributed by atoms with E-state index >= 15 is 0 Å². The molecule has 0 aromatic heterocycles. The predicted molar refractivity (Wildman–Crippen MR) is 74.2 cm³/mol. The van der Waals surface area contributed by atoms with E-state index in [1.807, 2.05) is 32.0 Å². The second-order valence-electron chi connectivity index (χ2n) is 4.39. The molecule has 1 rings (SSSR count). The standard InChI is InChI=1S/C13H20BrNO2/c1-9(2)13(16)7-15-12-6-4-5-11(14)10(12)8-17-3/h4-6,9,13,15-16H,7-8H2,1-3H3. The third-order valence-electron chi connectivity index (χ3n) is 2.68. The summed E-state index contributed by atoms with van der Waals surface area (Å²) in [5.41, 5.74) is 2.08. The van der Waals surface area contributed by atoms with Crippen LogP contribution in [0.1, 0.15) is 19.4 Å². The number of nitrogens with one attached hydrogen (secondary N) is 1. The normalized spacial score (nSPS) is 12.8. The van der Waals surface area contributed by atoms with Gasteiger partial charge in [0.2, 0.25) is 0 Å². The van der Waals surface area contributed by atoms with Crippen LogP contribution in [0.2, 0.25) is 0 Å². The van der Waals surface area contributed by atoms with Crippen LogP contribution < -0.4 is 5.32 Å². The second-order valence-corrected chi connectivity index (χ2v) is 5.25. The van der Waals surface area contributed by atoms with Crippen LogP contribution in [0, 0.1) is 5.92 Å². The summed E-state index contributed by atoms with van der Waals surface area (Å²) in [6.45, 7) is 5.10. The molecule has 17 heavy (non-hydrogen) atoms. The molecule has 96 valence electrons. The number of hydrogen-bond donors (Lipinski definition) is 2. The van der Waals surface area contributed by atoms with Gasteiger partial charge in [-0.05, 0) is 18.1 Å². The summed E-state index contributed by atoms with van der Waals surface area (Å²) in [5.74, 6) is 0.250. The van der Waals surface area contributed by atoms with E-state index in [-0.39, 0.29) is 12.0 Å². The van der Waals surface area contributed by atoms with Crippen LogP contribution >= 0.6 is 15.9 Å². The van der Waals surface area contributed by atoms with Crippen LogP contribution in [0.3, 0.4) is 0 Å². The van der Waals surface area contributed by atoms with Crippen molar-refractivity contribution in [3.05, 3.63) is 28.2 Å². The SMILES string of the molecule is COCc1c(Br)cccc1NCC(O)C(C)C. The van der Waals surface area contributed by atoms with Crippen molar-refractivity contribution in [2.24, 2.45) is 5.92 Å². The Bertz CT molecular complexity index is 355. The molecular formula is C13H20BrNO2. The Morgan fingerprint density at radius 1 is 1.41 bits per heavy atom. The van der Waals surface area contributed by atoms with E-state index in [1.54, 1.807) is 7.11 Å². The molecule has 1 atom stereocenters. The van der Waals surface area contributed by atoms with Crippen molar-refractivity contribution in [2.75, 3.05) is 19.0 Å². The minimum atomic E-state index is -0.343. The smallest absolute Gasteiger partial charge is 0.0744 e. The zero-order chi connectivity index (χ0) is 12.8. The Labute approximate surface area is 111 Å². The molecule has 0 amide bonds. The minimum absolute atomic E-state index is 0.250. The van der Waals surface area contributed by atoms with Gasteiger partial charge in [-0.25, -0.2) is 0 Å². The van der Waals surface area contributed by atoms with Gasteiger partial charge in [-0.2, -0.15) is 0 Å². The quantitative estimate of drug-likeness (QED) is 0.849. The lowest BCUT2D eigenvalue weighted by Gasteiger charge is -2.18. The molecule has 0 saturated carbocycles. The van der Waals surface area contributed by atoms with Crippen molar-refractivity contribution in [1.82, 2.24) is 0 Å². The Hall–Kier alpha value is -0.580. The van der Waals surface area contributed by atoms with Gasteiger partial charge in [-0.1, -0.05) is 35.8 Å². The molecule has 0 fully saturated rings. The summed E-state index contributed by atoms with van der Waals surface area (Å²) in [4.78, 5) is 0. The largest absolute Gasteiger partial charge is 0.391 e. The van der Waals surface area contributed by atoms with Gasteiger partial charge in [0, 0.05) is 29.4 Å². The Kier molecular flexibility index (Phi) is 5.95. The van der Waals surface area contributed by atoms with E-state index < -0.39 is 0 Å². The number of anilines is 1. The van der Waals surface area contributed by atoms with Crippen LogP contribution in [0.5, 0.6) is 0 Å². The van der Waals surface area contributed by atoms with Crippen molar-refractivity contribution in [1.29, 1.82) is 0 Å². The molecule has 0 aliphatic rings. The van der Waals surface area contributed by atoms with Gasteiger partial charge in [-0.15, -0.1) is 0 Å². The van der Waals surface area contributed by atoms with Crippen molar-refractivity contribution < 1.29 is 9.84 Å². The van der Waals surface area contributed by atoms with E-state index in [1.165, 1.54) is 0 Å². The third-order valence-corrected chi connectivity index (χ3v) is 3.42. The molecule has 0 spiro atoms. The molecular weight excluding hydrogens is 282 g/mol. The summed E-state index contributed by atoms with van der Waals surface area (Å²) >= 11 is 3.50. The first-order valence-corrected chi connectivity index (χ1v) is 6.53. The molecule has 4 heteroatoms. The fourth-order valence-corrected chi connectivity index (χ4v) is 1.95. The molecule has 2 N–H and O–H groups in total. The van der Waals surface area contributed by atoms with E-state index in [0.717, 1.165) is 15.7 Å². The zero-order valence-corrected chi connectivity index (χ0v) is 12.1. The first kappa shape index (κ1) is 14.5. The molecule has 0 heterocycles. The van der Waals surface area contributed by atoms with Gasteiger partial charge < -0.3 is 15.2 Å². The van der Waals surface area contributed by atoms with Gasteiger partial charge in [0.25, 0.3) is 0 Å². The summed E-state index contributed by atoms with van der Waals surface area (Å²) in [6, 6.07) is 5.94. The van der Waals surface area contributed by atoms with Gasteiger partial charge in [0.1, 0.15) is 0 Å². The molecule has 0 aliphatic heterocycles. The highest BCUT2D eigenvalue weighted by Crippen LogP contribution is 2.25. The van der Waals surface area contributed by atoms with Crippen LogP contribution in [0.4, 0.5) is 5.69 Å². The highest BCUT2D eigenvalue weighted by Gasteiger charge is 2.11. The van der Waals surface area contributed by atoms with Crippen LogP contribution in [-0.2, 0) is 11.3 Å². The number of halogens is 1. The first-order valence-electron chi connectivity index (χ1n) is 5.74.